The van der Waals surface area contributed by atoms with E-state index in [1.807, 2.05) is 0 Å². The molecule has 17 heavy (non-hydrogen) atoms. The Morgan fingerprint density at radius 2 is 2.00 bits per heavy atom. The summed E-state index contributed by atoms with van der Waals surface area (Å²) in [5, 5.41) is 8.74. The normalized spacial score (nSPS) is 23.7. The Morgan fingerprint density at radius 1 is 1.41 bits per heavy atom. The number of carboxylic acid groups (broad SMARTS) is 1. The van der Waals surface area contributed by atoms with E-state index in [4.69, 9.17) is 5.11 Å². The van der Waals surface area contributed by atoms with Gasteiger partial charge >= 0.3 is 5.97 Å². The predicted octanol–water partition coefficient (Wildman–Crippen LogP) is -0.257. The molecule has 1 heterocycles. The van der Waals surface area contributed by atoms with Crippen molar-refractivity contribution >= 4 is 21.7 Å². The van der Waals surface area contributed by atoms with Crippen molar-refractivity contribution in [3.8, 4) is 0 Å². The van der Waals surface area contributed by atoms with Gasteiger partial charge in [0.2, 0.25) is 5.91 Å². The van der Waals surface area contributed by atoms with Crippen LogP contribution in [-0.4, -0.2) is 54.4 Å². The number of carbonyl (C=O) groups is 2. The molecule has 0 spiro atoms. The van der Waals surface area contributed by atoms with Gasteiger partial charge in [0.25, 0.3) is 0 Å². The first kappa shape index (κ1) is 14.0. The van der Waals surface area contributed by atoms with E-state index in [1.54, 1.807) is 13.8 Å². The number of carbonyl (C=O) groups excluding carboxylic acids is 1. The summed E-state index contributed by atoms with van der Waals surface area (Å²) in [4.78, 5) is 23.9. The first-order valence-corrected chi connectivity index (χ1v) is 7.28. The molecule has 0 aromatic rings. The molecule has 0 radical (unpaired) electrons. The first-order chi connectivity index (χ1) is 7.73. The number of amides is 1. The van der Waals surface area contributed by atoms with Crippen LogP contribution in [0.2, 0.25) is 0 Å². The lowest BCUT2D eigenvalue weighted by Crippen LogP contribution is -2.53. The number of nitrogens with zero attached hydrogens (tertiary/aromatic N) is 1. The van der Waals surface area contributed by atoms with E-state index < -0.39 is 21.8 Å². The van der Waals surface area contributed by atoms with E-state index in [0.717, 1.165) is 0 Å². The van der Waals surface area contributed by atoms with Crippen LogP contribution in [0.15, 0.2) is 0 Å². The quantitative estimate of drug-likeness (QED) is 0.757. The van der Waals surface area contributed by atoms with E-state index in [2.05, 4.69) is 0 Å². The molecule has 6 nitrogen and oxygen atoms in total. The Morgan fingerprint density at radius 3 is 2.47 bits per heavy atom. The summed E-state index contributed by atoms with van der Waals surface area (Å²) in [6.07, 6.45) is -0.322. The van der Waals surface area contributed by atoms with Crippen LogP contribution in [0.5, 0.6) is 0 Å². The minimum atomic E-state index is -3.23. The molecule has 0 saturated carbocycles. The summed E-state index contributed by atoms with van der Waals surface area (Å²) in [6, 6.07) is -0.735. The fourth-order valence-corrected chi connectivity index (χ4v) is 3.40. The van der Waals surface area contributed by atoms with E-state index in [-0.39, 0.29) is 36.3 Å². The fourth-order valence-electron chi connectivity index (χ4n) is 1.88. The smallest absolute Gasteiger partial charge is 0.305 e. The Hall–Kier alpha value is -1.11. The molecule has 1 saturated heterocycles. The molecule has 1 atom stereocenters. The van der Waals surface area contributed by atoms with Gasteiger partial charge in [0.05, 0.1) is 24.0 Å². The van der Waals surface area contributed by atoms with Crippen LogP contribution in [0.4, 0.5) is 0 Å². The van der Waals surface area contributed by atoms with Crippen LogP contribution >= 0.6 is 0 Å². The van der Waals surface area contributed by atoms with Crippen LogP contribution in [-0.2, 0) is 19.4 Å². The molecule has 1 N–H and O–H groups in total. The third-order valence-electron chi connectivity index (χ3n) is 2.72. The zero-order valence-electron chi connectivity index (χ0n) is 9.92. The van der Waals surface area contributed by atoms with Gasteiger partial charge in [-0.1, -0.05) is 13.8 Å². The van der Waals surface area contributed by atoms with E-state index in [0.29, 0.717) is 0 Å². The Bertz CT molecular complexity index is 414. The molecule has 1 fully saturated rings. The maximum Gasteiger partial charge on any atom is 0.305 e. The second kappa shape index (κ2) is 5.03. The minimum absolute atomic E-state index is 0.0818. The van der Waals surface area contributed by atoms with E-state index >= 15 is 0 Å². The molecular formula is C10H17NO5S. The Kier molecular flexibility index (Phi) is 4.13. The van der Waals surface area contributed by atoms with Crippen LogP contribution < -0.4 is 0 Å². The number of sulfone groups is 1. The van der Waals surface area contributed by atoms with Gasteiger partial charge in [-0.05, 0) is 0 Å². The number of aliphatic carboxylic acids is 1. The highest BCUT2D eigenvalue weighted by Crippen LogP contribution is 2.17. The SMILES string of the molecule is CC(C)C(=O)N1CCS(=O)(=O)CC1CC(=O)O. The lowest BCUT2D eigenvalue weighted by molar-refractivity contribution is -0.141. The highest BCUT2D eigenvalue weighted by molar-refractivity contribution is 7.91. The summed E-state index contributed by atoms with van der Waals surface area (Å²) < 4.78 is 22.9. The fraction of sp³-hybridized carbons (Fsp3) is 0.800. The average molecular weight is 263 g/mol. The topological polar surface area (TPSA) is 91.8 Å². The number of hydrogen-bond donors (Lipinski definition) is 1. The molecule has 0 aliphatic carbocycles. The average Bonchev–Trinajstić information content (AvgIpc) is 2.14. The molecule has 0 aromatic heterocycles. The van der Waals surface area contributed by atoms with Crippen LogP contribution in [0.1, 0.15) is 20.3 Å². The van der Waals surface area contributed by atoms with Gasteiger partial charge in [-0.2, -0.15) is 0 Å². The second-order valence-corrected chi connectivity index (χ2v) is 6.78. The van der Waals surface area contributed by atoms with Crippen LogP contribution in [0, 0.1) is 5.92 Å². The molecule has 0 bridgehead atoms. The van der Waals surface area contributed by atoms with Gasteiger partial charge in [0.15, 0.2) is 9.84 Å². The first-order valence-electron chi connectivity index (χ1n) is 5.45. The van der Waals surface area contributed by atoms with Crippen molar-refractivity contribution in [2.75, 3.05) is 18.1 Å². The predicted molar refractivity (Wildman–Crippen MR) is 61.2 cm³/mol. The Balaban J connectivity index is 2.88. The highest BCUT2D eigenvalue weighted by Gasteiger charge is 2.35. The van der Waals surface area contributed by atoms with Gasteiger partial charge in [-0.25, -0.2) is 8.42 Å². The number of hydrogen-bond acceptors (Lipinski definition) is 4. The van der Waals surface area contributed by atoms with Crippen molar-refractivity contribution in [2.24, 2.45) is 5.92 Å². The lowest BCUT2D eigenvalue weighted by atomic mass is 10.1. The lowest BCUT2D eigenvalue weighted by Gasteiger charge is -2.35. The summed E-state index contributed by atoms with van der Waals surface area (Å²) in [5.41, 5.74) is 0. The van der Waals surface area contributed by atoms with Crippen molar-refractivity contribution < 1.29 is 23.1 Å². The molecule has 1 rings (SSSR count). The monoisotopic (exact) mass is 263 g/mol. The summed E-state index contributed by atoms with van der Waals surface area (Å²) in [6.45, 7) is 3.52. The molecule has 1 unspecified atom stereocenters. The van der Waals surface area contributed by atoms with Crippen molar-refractivity contribution in [1.82, 2.24) is 4.90 Å². The van der Waals surface area contributed by atoms with Gasteiger partial charge in [0, 0.05) is 12.5 Å². The van der Waals surface area contributed by atoms with Gasteiger partial charge < -0.3 is 10.0 Å². The molecular weight excluding hydrogens is 246 g/mol. The van der Waals surface area contributed by atoms with E-state index in [9.17, 15) is 18.0 Å². The summed E-state index contributed by atoms with van der Waals surface area (Å²) in [7, 11) is -3.23. The van der Waals surface area contributed by atoms with Crippen molar-refractivity contribution in [1.29, 1.82) is 0 Å². The zero-order valence-corrected chi connectivity index (χ0v) is 10.7. The van der Waals surface area contributed by atoms with Crippen LogP contribution in [0.3, 0.4) is 0 Å². The van der Waals surface area contributed by atoms with E-state index in [1.165, 1.54) is 4.90 Å². The standard InChI is InChI=1S/C10H17NO5S/c1-7(2)10(14)11-3-4-17(15,16)6-8(11)5-9(12)13/h7-8H,3-6H2,1-2H3,(H,12,13). The minimum Gasteiger partial charge on any atom is -0.481 e. The molecule has 98 valence electrons. The van der Waals surface area contributed by atoms with Gasteiger partial charge in [-0.15, -0.1) is 0 Å². The van der Waals surface area contributed by atoms with Crippen molar-refractivity contribution in [2.45, 2.75) is 26.3 Å². The summed E-state index contributed by atoms with van der Waals surface area (Å²) in [5.74, 6) is -1.87. The van der Waals surface area contributed by atoms with Gasteiger partial charge in [0.1, 0.15) is 0 Å². The van der Waals surface area contributed by atoms with Gasteiger partial charge in [-0.3, -0.25) is 9.59 Å². The third kappa shape index (κ3) is 3.69. The maximum absolute atomic E-state index is 11.8. The van der Waals surface area contributed by atoms with Crippen LogP contribution in [0.25, 0.3) is 0 Å². The van der Waals surface area contributed by atoms with Crippen molar-refractivity contribution in [3.05, 3.63) is 0 Å². The molecule has 1 aliphatic rings. The van der Waals surface area contributed by atoms with Crippen molar-refractivity contribution in [3.63, 3.8) is 0 Å². The number of carboxylic acids is 1. The highest BCUT2D eigenvalue weighted by atomic mass is 32.2. The molecule has 1 amide bonds. The second-order valence-electron chi connectivity index (χ2n) is 4.55. The summed E-state index contributed by atoms with van der Waals surface area (Å²) >= 11 is 0. The molecule has 0 aromatic carbocycles. The zero-order chi connectivity index (χ0) is 13.2. The maximum atomic E-state index is 11.8. The molecule has 7 heteroatoms. The largest absolute Gasteiger partial charge is 0.481 e. The molecule has 1 aliphatic heterocycles. The third-order valence-corrected chi connectivity index (χ3v) is 4.41. The number of rotatable bonds is 3. The Labute approximate surface area is 101 Å².